The SMILES string of the molecule is CC(NC(=O)CCN1C(=O)CCSc2ccc(C(F)(F)F)cc21)C(N)=O. The molecule has 2 rings (SSSR count). The number of benzene rings is 1. The molecule has 0 saturated carbocycles. The van der Waals surface area contributed by atoms with Gasteiger partial charge in [0.15, 0.2) is 0 Å². The molecular weight excluding hydrogens is 371 g/mol. The van der Waals surface area contributed by atoms with Crippen LogP contribution in [0.3, 0.4) is 0 Å². The van der Waals surface area contributed by atoms with Gasteiger partial charge in [-0.15, -0.1) is 11.8 Å². The Kier molecular flexibility index (Phi) is 6.17. The van der Waals surface area contributed by atoms with Crippen LogP contribution in [-0.4, -0.2) is 36.1 Å². The van der Waals surface area contributed by atoms with E-state index in [1.807, 2.05) is 0 Å². The van der Waals surface area contributed by atoms with E-state index in [0.717, 1.165) is 12.1 Å². The molecule has 3 N–H and O–H groups in total. The molecule has 3 amide bonds. The van der Waals surface area contributed by atoms with Gasteiger partial charge in [-0.05, 0) is 25.1 Å². The number of amides is 3. The highest BCUT2D eigenvalue weighted by Gasteiger charge is 2.33. The molecule has 0 saturated heterocycles. The molecule has 0 bridgehead atoms. The van der Waals surface area contributed by atoms with Crippen molar-refractivity contribution in [3.8, 4) is 0 Å². The van der Waals surface area contributed by atoms with E-state index in [1.54, 1.807) is 0 Å². The van der Waals surface area contributed by atoms with Crippen molar-refractivity contribution in [1.82, 2.24) is 5.32 Å². The van der Waals surface area contributed by atoms with E-state index in [-0.39, 0.29) is 31.0 Å². The molecule has 26 heavy (non-hydrogen) atoms. The lowest BCUT2D eigenvalue weighted by Crippen LogP contribution is -2.43. The number of nitrogens with zero attached hydrogens (tertiary/aromatic N) is 1. The second-order valence-corrected chi connectivity index (χ2v) is 6.90. The summed E-state index contributed by atoms with van der Waals surface area (Å²) in [6.45, 7) is 1.32. The lowest BCUT2D eigenvalue weighted by molar-refractivity contribution is -0.137. The van der Waals surface area contributed by atoms with Crippen LogP contribution < -0.4 is 16.0 Å². The highest BCUT2D eigenvalue weighted by atomic mass is 32.2. The topological polar surface area (TPSA) is 92.5 Å². The van der Waals surface area contributed by atoms with Crippen molar-refractivity contribution in [2.45, 2.75) is 36.9 Å². The molecule has 0 fully saturated rings. The molecule has 1 aliphatic heterocycles. The molecule has 1 atom stereocenters. The third kappa shape index (κ3) is 4.90. The molecule has 1 aliphatic rings. The Morgan fingerprint density at radius 2 is 2.08 bits per heavy atom. The maximum absolute atomic E-state index is 13.0. The minimum atomic E-state index is -4.53. The summed E-state index contributed by atoms with van der Waals surface area (Å²) in [7, 11) is 0. The Bertz CT molecular complexity index is 724. The van der Waals surface area contributed by atoms with Crippen LogP contribution in [-0.2, 0) is 20.6 Å². The van der Waals surface area contributed by atoms with Crippen LogP contribution in [0.1, 0.15) is 25.3 Å². The second-order valence-electron chi connectivity index (χ2n) is 5.77. The van der Waals surface area contributed by atoms with Crippen molar-refractivity contribution < 1.29 is 27.6 Å². The first-order chi connectivity index (χ1) is 12.1. The van der Waals surface area contributed by atoms with Gasteiger partial charge in [-0.3, -0.25) is 14.4 Å². The fourth-order valence-electron chi connectivity index (χ4n) is 2.39. The predicted octanol–water partition coefficient (Wildman–Crippen LogP) is 1.91. The largest absolute Gasteiger partial charge is 0.416 e. The molecule has 142 valence electrons. The van der Waals surface area contributed by atoms with Crippen LogP contribution >= 0.6 is 11.8 Å². The number of halogens is 3. The van der Waals surface area contributed by atoms with Crippen LogP contribution in [0.25, 0.3) is 0 Å². The van der Waals surface area contributed by atoms with E-state index in [2.05, 4.69) is 5.32 Å². The van der Waals surface area contributed by atoms with E-state index in [0.29, 0.717) is 10.6 Å². The third-order valence-electron chi connectivity index (χ3n) is 3.82. The zero-order chi connectivity index (χ0) is 19.5. The van der Waals surface area contributed by atoms with Gasteiger partial charge in [-0.2, -0.15) is 13.2 Å². The van der Waals surface area contributed by atoms with Crippen molar-refractivity contribution in [3.05, 3.63) is 23.8 Å². The molecule has 10 heteroatoms. The quantitative estimate of drug-likeness (QED) is 0.805. The second kappa shape index (κ2) is 7.98. The van der Waals surface area contributed by atoms with Gasteiger partial charge < -0.3 is 16.0 Å². The number of nitrogens with two attached hydrogens (primary N) is 1. The zero-order valence-electron chi connectivity index (χ0n) is 13.9. The van der Waals surface area contributed by atoms with Crippen LogP contribution in [0.15, 0.2) is 23.1 Å². The normalized spacial score (nSPS) is 15.8. The van der Waals surface area contributed by atoms with E-state index in [9.17, 15) is 27.6 Å². The number of anilines is 1. The van der Waals surface area contributed by atoms with Gasteiger partial charge in [0.05, 0.1) is 11.3 Å². The predicted molar refractivity (Wildman–Crippen MR) is 90.6 cm³/mol. The Hall–Kier alpha value is -2.23. The van der Waals surface area contributed by atoms with Gasteiger partial charge in [-0.25, -0.2) is 0 Å². The monoisotopic (exact) mass is 389 g/mol. The van der Waals surface area contributed by atoms with Crippen LogP contribution in [0.4, 0.5) is 18.9 Å². The van der Waals surface area contributed by atoms with Gasteiger partial charge >= 0.3 is 6.18 Å². The molecule has 1 aromatic carbocycles. The van der Waals surface area contributed by atoms with Gasteiger partial charge in [-0.1, -0.05) is 0 Å². The first-order valence-corrected chi connectivity index (χ1v) is 8.81. The number of rotatable bonds is 5. The number of nitrogens with one attached hydrogen (secondary N) is 1. The maximum atomic E-state index is 13.0. The van der Waals surface area contributed by atoms with Crippen LogP contribution in [0, 0.1) is 0 Å². The summed E-state index contributed by atoms with van der Waals surface area (Å²) in [6, 6.07) is 2.36. The summed E-state index contributed by atoms with van der Waals surface area (Å²) in [4.78, 5) is 36.9. The van der Waals surface area contributed by atoms with Gasteiger partial charge in [0.2, 0.25) is 17.7 Å². The number of thioether (sulfide) groups is 1. The van der Waals surface area contributed by atoms with Crippen LogP contribution in [0.5, 0.6) is 0 Å². The lowest BCUT2D eigenvalue weighted by Gasteiger charge is -2.24. The minimum absolute atomic E-state index is 0.0922. The zero-order valence-corrected chi connectivity index (χ0v) is 14.7. The third-order valence-corrected chi connectivity index (χ3v) is 4.88. The first-order valence-electron chi connectivity index (χ1n) is 7.82. The standard InChI is InChI=1S/C16H18F3N3O3S/c1-9(15(20)25)21-13(23)4-6-22-11-8-10(16(17,18)19)2-3-12(11)26-7-5-14(22)24/h2-3,8-9H,4-7H2,1H3,(H2,20,25)(H,21,23). The molecule has 1 heterocycles. The number of carbonyl (C=O) groups excluding carboxylic acids is 3. The number of alkyl halides is 3. The van der Waals surface area contributed by atoms with Crippen molar-refractivity contribution >= 4 is 35.2 Å². The van der Waals surface area contributed by atoms with Crippen molar-refractivity contribution in [1.29, 1.82) is 0 Å². The molecule has 0 aromatic heterocycles. The minimum Gasteiger partial charge on any atom is -0.368 e. The molecular formula is C16H18F3N3O3S. The van der Waals surface area contributed by atoms with Gasteiger partial charge in [0, 0.05) is 30.0 Å². The molecule has 0 aliphatic carbocycles. The summed E-state index contributed by atoms with van der Waals surface area (Å²) in [5, 5.41) is 2.37. The lowest BCUT2D eigenvalue weighted by atomic mass is 10.1. The van der Waals surface area contributed by atoms with E-state index >= 15 is 0 Å². The Morgan fingerprint density at radius 1 is 1.38 bits per heavy atom. The number of hydrogen-bond acceptors (Lipinski definition) is 4. The van der Waals surface area contributed by atoms with Gasteiger partial charge in [0.25, 0.3) is 0 Å². The Labute approximate surface area is 152 Å². The molecule has 0 spiro atoms. The summed E-state index contributed by atoms with van der Waals surface area (Å²) in [6.07, 6.45) is -4.54. The van der Waals surface area contributed by atoms with E-state index < -0.39 is 29.6 Å². The molecule has 0 radical (unpaired) electrons. The highest BCUT2D eigenvalue weighted by Crippen LogP contribution is 2.39. The number of carbonyl (C=O) groups is 3. The van der Waals surface area contributed by atoms with Crippen molar-refractivity contribution in [3.63, 3.8) is 0 Å². The van der Waals surface area contributed by atoms with Crippen molar-refractivity contribution in [2.75, 3.05) is 17.2 Å². The molecule has 1 aromatic rings. The van der Waals surface area contributed by atoms with Crippen molar-refractivity contribution in [2.24, 2.45) is 5.73 Å². The number of hydrogen-bond donors (Lipinski definition) is 2. The smallest absolute Gasteiger partial charge is 0.368 e. The fraction of sp³-hybridized carbons (Fsp3) is 0.438. The summed E-state index contributed by atoms with van der Waals surface area (Å²) >= 11 is 1.29. The Balaban J connectivity index is 2.21. The average Bonchev–Trinajstić information content (AvgIpc) is 2.69. The van der Waals surface area contributed by atoms with Crippen LogP contribution in [0.2, 0.25) is 0 Å². The number of fused-ring (bicyclic) bond motifs is 1. The summed E-state index contributed by atoms with van der Waals surface area (Å²) in [5.74, 6) is -1.14. The summed E-state index contributed by atoms with van der Waals surface area (Å²) in [5.41, 5.74) is 4.34. The highest BCUT2D eigenvalue weighted by molar-refractivity contribution is 7.99. The fourth-order valence-corrected chi connectivity index (χ4v) is 3.37. The Morgan fingerprint density at radius 3 is 2.69 bits per heavy atom. The molecule has 6 nitrogen and oxygen atoms in total. The van der Waals surface area contributed by atoms with E-state index in [1.165, 1.54) is 29.7 Å². The maximum Gasteiger partial charge on any atom is 0.416 e. The van der Waals surface area contributed by atoms with Gasteiger partial charge in [0.1, 0.15) is 6.04 Å². The first kappa shape index (κ1) is 20.1. The molecule has 1 unspecified atom stereocenters. The summed E-state index contributed by atoms with van der Waals surface area (Å²) < 4.78 is 39.0. The number of primary amides is 1. The van der Waals surface area contributed by atoms with E-state index in [4.69, 9.17) is 5.73 Å². The average molecular weight is 389 g/mol.